The summed E-state index contributed by atoms with van der Waals surface area (Å²) in [5.41, 5.74) is 8.11. The summed E-state index contributed by atoms with van der Waals surface area (Å²) in [4.78, 5) is 4.24. The predicted molar refractivity (Wildman–Crippen MR) is 80.6 cm³/mol. The SMILES string of the molecule is N#Cc1c(F)cccc1Nc1c(N)cnc2ccccc12. The summed E-state index contributed by atoms with van der Waals surface area (Å²) in [6.07, 6.45) is 1.54. The maximum atomic E-state index is 13.7. The van der Waals surface area contributed by atoms with E-state index < -0.39 is 5.82 Å². The first-order chi connectivity index (χ1) is 10.2. The molecule has 0 aliphatic rings. The van der Waals surface area contributed by atoms with Crippen LogP contribution in [0.3, 0.4) is 0 Å². The predicted octanol–water partition coefficient (Wildman–Crippen LogP) is 3.57. The van der Waals surface area contributed by atoms with Crippen LogP contribution in [0.15, 0.2) is 48.7 Å². The third-order valence-electron chi connectivity index (χ3n) is 3.19. The molecule has 1 heterocycles. The largest absolute Gasteiger partial charge is 0.396 e. The molecule has 1 aromatic heterocycles. The number of fused-ring (bicyclic) bond motifs is 1. The van der Waals surface area contributed by atoms with Crippen LogP contribution in [-0.4, -0.2) is 4.98 Å². The Morgan fingerprint density at radius 3 is 2.76 bits per heavy atom. The molecule has 3 N–H and O–H groups in total. The summed E-state index contributed by atoms with van der Waals surface area (Å²) in [6, 6.07) is 13.7. The van der Waals surface area contributed by atoms with E-state index in [-0.39, 0.29) is 5.56 Å². The molecule has 0 bridgehead atoms. The number of nitriles is 1. The van der Waals surface area contributed by atoms with Crippen LogP contribution in [0.25, 0.3) is 10.9 Å². The zero-order chi connectivity index (χ0) is 14.8. The van der Waals surface area contributed by atoms with Crippen LogP contribution in [0, 0.1) is 17.1 Å². The standard InChI is InChI=1S/C16H11FN4/c17-12-5-3-7-15(11(12)8-18)21-16-10-4-1-2-6-14(10)20-9-13(16)19/h1-7,9H,19H2,(H,20,21). The molecule has 0 saturated heterocycles. The Morgan fingerprint density at radius 1 is 1.14 bits per heavy atom. The lowest BCUT2D eigenvalue weighted by atomic mass is 10.1. The minimum absolute atomic E-state index is 0.0437. The van der Waals surface area contributed by atoms with Gasteiger partial charge >= 0.3 is 0 Å². The number of hydrogen-bond acceptors (Lipinski definition) is 4. The van der Waals surface area contributed by atoms with Gasteiger partial charge in [-0.25, -0.2) is 4.39 Å². The van der Waals surface area contributed by atoms with Gasteiger partial charge < -0.3 is 11.1 Å². The van der Waals surface area contributed by atoms with E-state index in [1.807, 2.05) is 30.3 Å². The number of halogens is 1. The van der Waals surface area contributed by atoms with Gasteiger partial charge in [0.15, 0.2) is 0 Å². The minimum atomic E-state index is -0.570. The van der Waals surface area contributed by atoms with E-state index >= 15 is 0 Å². The van der Waals surface area contributed by atoms with Gasteiger partial charge in [-0.2, -0.15) is 5.26 Å². The van der Waals surface area contributed by atoms with Crippen molar-refractivity contribution in [2.24, 2.45) is 0 Å². The monoisotopic (exact) mass is 278 g/mol. The van der Waals surface area contributed by atoms with Crippen molar-refractivity contribution in [3.8, 4) is 6.07 Å². The molecule has 2 aromatic carbocycles. The normalized spacial score (nSPS) is 10.3. The van der Waals surface area contributed by atoms with Gasteiger partial charge in [-0.05, 0) is 18.2 Å². The Bertz CT molecular complexity index is 868. The number of pyridine rings is 1. The van der Waals surface area contributed by atoms with Crippen LogP contribution in [0.1, 0.15) is 5.56 Å². The first kappa shape index (κ1) is 12.9. The van der Waals surface area contributed by atoms with Gasteiger partial charge in [0.2, 0.25) is 0 Å². The van der Waals surface area contributed by atoms with Crippen LogP contribution in [0.2, 0.25) is 0 Å². The first-order valence-corrected chi connectivity index (χ1v) is 6.29. The fourth-order valence-electron chi connectivity index (χ4n) is 2.17. The Morgan fingerprint density at radius 2 is 1.95 bits per heavy atom. The molecule has 0 spiro atoms. The second-order valence-electron chi connectivity index (χ2n) is 4.50. The highest BCUT2D eigenvalue weighted by molar-refractivity contribution is 5.99. The third kappa shape index (κ3) is 2.23. The van der Waals surface area contributed by atoms with Crippen molar-refractivity contribution >= 4 is 28.0 Å². The van der Waals surface area contributed by atoms with Gasteiger partial charge in [0.1, 0.15) is 17.4 Å². The molecule has 0 aliphatic carbocycles. The van der Waals surface area contributed by atoms with E-state index in [9.17, 15) is 4.39 Å². The Kier molecular flexibility index (Phi) is 3.13. The van der Waals surface area contributed by atoms with Crippen molar-refractivity contribution in [2.45, 2.75) is 0 Å². The third-order valence-corrected chi connectivity index (χ3v) is 3.19. The Balaban J connectivity index is 2.17. The molecule has 0 radical (unpaired) electrons. The molecule has 3 rings (SSSR count). The van der Waals surface area contributed by atoms with Gasteiger partial charge in [0.05, 0.1) is 28.8 Å². The van der Waals surface area contributed by atoms with E-state index in [1.54, 1.807) is 6.07 Å². The molecule has 0 fully saturated rings. The van der Waals surface area contributed by atoms with Crippen molar-refractivity contribution in [3.05, 3.63) is 60.0 Å². The second kappa shape index (κ2) is 5.10. The van der Waals surface area contributed by atoms with Crippen LogP contribution in [0.4, 0.5) is 21.5 Å². The van der Waals surface area contributed by atoms with Gasteiger partial charge in [0.25, 0.3) is 0 Å². The number of nitrogens with two attached hydrogens (primary N) is 1. The van der Waals surface area contributed by atoms with E-state index in [0.29, 0.717) is 17.1 Å². The number of nitrogens with one attached hydrogen (secondary N) is 1. The summed E-state index contributed by atoms with van der Waals surface area (Å²) in [6.45, 7) is 0. The maximum absolute atomic E-state index is 13.7. The number of para-hydroxylation sites is 1. The van der Waals surface area contributed by atoms with E-state index in [2.05, 4.69) is 10.3 Å². The molecular formula is C16H11FN4. The Labute approximate surface area is 120 Å². The maximum Gasteiger partial charge on any atom is 0.143 e. The average molecular weight is 278 g/mol. The van der Waals surface area contributed by atoms with Crippen LogP contribution >= 0.6 is 0 Å². The molecule has 3 aromatic rings. The number of nitrogens with zero attached hydrogens (tertiary/aromatic N) is 2. The topological polar surface area (TPSA) is 74.7 Å². The van der Waals surface area contributed by atoms with E-state index in [0.717, 1.165) is 10.9 Å². The number of benzene rings is 2. The van der Waals surface area contributed by atoms with Crippen LogP contribution in [-0.2, 0) is 0 Å². The van der Waals surface area contributed by atoms with Crippen molar-refractivity contribution in [3.63, 3.8) is 0 Å². The summed E-state index contributed by atoms with van der Waals surface area (Å²) in [5.74, 6) is -0.570. The highest BCUT2D eigenvalue weighted by Gasteiger charge is 2.11. The van der Waals surface area contributed by atoms with Gasteiger partial charge in [-0.15, -0.1) is 0 Å². The number of nitrogen functional groups attached to an aromatic ring is 1. The molecule has 0 saturated carbocycles. The van der Waals surface area contributed by atoms with Crippen molar-refractivity contribution in [1.29, 1.82) is 5.26 Å². The number of anilines is 3. The van der Waals surface area contributed by atoms with Crippen LogP contribution < -0.4 is 11.1 Å². The number of rotatable bonds is 2. The highest BCUT2D eigenvalue weighted by atomic mass is 19.1. The van der Waals surface area contributed by atoms with Crippen LogP contribution in [0.5, 0.6) is 0 Å². The zero-order valence-corrected chi connectivity index (χ0v) is 11.0. The number of hydrogen-bond donors (Lipinski definition) is 2. The van der Waals surface area contributed by atoms with Gasteiger partial charge in [-0.3, -0.25) is 4.98 Å². The molecule has 102 valence electrons. The van der Waals surface area contributed by atoms with Gasteiger partial charge in [-0.1, -0.05) is 24.3 Å². The molecule has 0 unspecified atom stereocenters. The summed E-state index contributed by atoms with van der Waals surface area (Å²) in [7, 11) is 0. The van der Waals surface area contributed by atoms with Gasteiger partial charge in [0, 0.05) is 5.39 Å². The van der Waals surface area contributed by atoms with Crippen molar-refractivity contribution in [1.82, 2.24) is 4.98 Å². The molecule has 21 heavy (non-hydrogen) atoms. The Hall–Kier alpha value is -3.13. The lowest BCUT2D eigenvalue weighted by molar-refractivity contribution is 0.624. The first-order valence-electron chi connectivity index (χ1n) is 6.29. The van der Waals surface area contributed by atoms with E-state index in [1.165, 1.54) is 18.3 Å². The lowest BCUT2D eigenvalue weighted by Gasteiger charge is -2.13. The zero-order valence-electron chi connectivity index (χ0n) is 11.0. The van der Waals surface area contributed by atoms with Crippen molar-refractivity contribution < 1.29 is 4.39 Å². The fraction of sp³-hybridized carbons (Fsp3) is 0. The summed E-state index contributed by atoms with van der Waals surface area (Å²) in [5, 5.41) is 12.9. The van der Waals surface area contributed by atoms with E-state index in [4.69, 9.17) is 11.0 Å². The average Bonchev–Trinajstić information content (AvgIpc) is 2.50. The quantitative estimate of drug-likeness (QED) is 0.751. The molecule has 0 aliphatic heterocycles. The summed E-state index contributed by atoms with van der Waals surface area (Å²) < 4.78 is 13.7. The summed E-state index contributed by atoms with van der Waals surface area (Å²) >= 11 is 0. The molecule has 0 atom stereocenters. The fourth-order valence-corrected chi connectivity index (χ4v) is 2.17. The number of aromatic nitrogens is 1. The highest BCUT2D eigenvalue weighted by Crippen LogP contribution is 2.32. The minimum Gasteiger partial charge on any atom is -0.396 e. The molecule has 4 nitrogen and oxygen atoms in total. The molecular weight excluding hydrogens is 267 g/mol. The molecule has 5 heteroatoms. The molecule has 0 amide bonds. The lowest BCUT2D eigenvalue weighted by Crippen LogP contribution is -2.01. The van der Waals surface area contributed by atoms with Crippen molar-refractivity contribution in [2.75, 3.05) is 11.1 Å². The smallest absolute Gasteiger partial charge is 0.143 e. The second-order valence-corrected chi connectivity index (χ2v) is 4.50.